The third-order valence-electron chi connectivity index (χ3n) is 7.38. The molecule has 1 aliphatic heterocycles. The summed E-state index contributed by atoms with van der Waals surface area (Å²) in [6.45, 7) is 3.06. The number of carbonyl (C=O) groups excluding carboxylic acids is 2. The molecule has 2 aliphatic rings. The van der Waals surface area contributed by atoms with Crippen LogP contribution in [-0.2, 0) is 6.54 Å². The second-order valence-corrected chi connectivity index (χ2v) is 10.7. The van der Waals surface area contributed by atoms with Crippen molar-refractivity contribution < 1.29 is 36.1 Å². The fourth-order valence-electron chi connectivity index (χ4n) is 5.18. The summed E-state index contributed by atoms with van der Waals surface area (Å²) in [6.07, 6.45) is -0.640. The molecule has 10 nitrogen and oxygen atoms in total. The highest BCUT2D eigenvalue weighted by Gasteiger charge is 2.47. The van der Waals surface area contributed by atoms with Crippen LogP contribution in [0.25, 0.3) is 5.65 Å². The maximum absolute atomic E-state index is 13.9. The van der Waals surface area contributed by atoms with Crippen molar-refractivity contribution in [1.29, 1.82) is 0 Å². The molecular weight excluding hydrogens is 541 g/mol. The molecular formula is C25H28F5N7O3. The van der Waals surface area contributed by atoms with E-state index in [9.17, 15) is 31.5 Å². The molecule has 4 heterocycles. The average molecular weight is 570 g/mol. The molecule has 15 heteroatoms. The minimum Gasteiger partial charge on any atom is -0.364 e. The molecule has 40 heavy (non-hydrogen) atoms. The highest BCUT2D eigenvalue weighted by Crippen LogP contribution is 2.41. The van der Waals surface area contributed by atoms with Crippen molar-refractivity contribution in [3.05, 3.63) is 47.2 Å². The summed E-state index contributed by atoms with van der Waals surface area (Å²) in [5.74, 6) is -3.67. The van der Waals surface area contributed by atoms with E-state index in [2.05, 4.69) is 20.6 Å². The number of nitrogens with zero attached hydrogens (tertiary/aromatic N) is 5. The van der Waals surface area contributed by atoms with Gasteiger partial charge in [-0.2, -0.15) is 18.3 Å². The SMILES string of the molecule is CC(C)c1nocc1C(=O)N[C@H](c1cn2ncc(CN3C[C@@H](C(F)(F)F)NC3=O)cc2n1)C1CCC(F)(F)CC1. The van der Waals surface area contributed by atoms with E-state index in [1.165, 1.54) is 17.0 Å². The van der Waals surface area contributed by atoms with Gasteiger partial charge in [0.25, 0.3) is 5.91 Å². The molecule has 0 bridgehead atoms. The molecule has 216 valence electrons. The zero-order valence-corrected chi connectivity index (χ0v) is 21.7. The van der Waals surface area contributed by atoms with Crippen LogP contribution in [-0.4, -0.2) is 61.3 Å². The van der Waals surface area contributed by atoms with E-state index in [0.717, 1.165) is 4.90 Å². The number of amides is 3. The number of imidazole rings is 1. The van der Waals surface area contributed by atoms with Crippen LogP contribution in [0.1, 0.15) is 78.8 Å². The molecule has 3 aromatic heterocycles. The average Bonchev–Trinajstić information content (AvgIpc) is 3.61. The maximum Gasteiger partial charge on any atom is 0.410 e. The largest absolute Gasteiger partial charge is 0.410 e. The van der Waals surface area contributed by atoms with Gasteiger partial charge in [0.2, 0.25) is 5.92 Å². The number of nitrogens with one attached hydrogen (secondary N) is 2. The first-order valence-electron chi connectivity index (χ1n) is 12.9. The molecule has 1 aliphatic carbocycles. The third-order valence-corrected chi connectivity index (χ3v) is 7.38. The lowest BCUT2D eigenvalue weighted by molar-refractivity contribution is -0.149. The van der Waals surface area contributed by atoms with Gasteiger partial charge < -0.3 is 20.1 Å². The quantitative estimate of drug-likeness (QED) is 0.402. The monoisotopic (exact) mass is 569 g/mol. The number of carbonyl (C=O) groups is 2. The van der Waals surface area contributed by atoms with Crippen LogP contribution in [0.2, 0.25) is 0 Å². The highest BCUT2D eigenvalue weighted by molar-refractivity contribution is 5.95. The number of hydrogen-bond donors (Lipinski definition) is 2. The molecule has 3 aromatic rings. The fourth-order valence-corrected chi connectivity index (χ4v) is 5.18. The molecule has 3 amide bonds. The number of hydrogen-bond acceptors (Lipinski definition) is 6. The van der Waals surface area contributed by atoms with E-state index in [4.69, 9.17) is 4.52 Å². The second-order valence-electron chi connectivity index (χ2n) is 10.7. The van der Waals surface area contributed by atoms with Crippen molar-refractivity contribution in [1.82, 2.24) is 35.3 Å². The number of aromatic nitrogens is 4. The summed E-state index contributed by atoms with van der Waals surface area (Å²) in [5.41, 5.74) is 1.88. The van der Waals surface area contributed by atoms with Crippen LogP contribution in [0.15, 0.2) is 29.2 Å². The van der Waals surface area contributed by atoms with Gasteiger partial charge in [0.15, 0.2) is 5.65 Å². The first-order chi connectivity index (χ1) is 18.8. The summed E-state index contributed by atoms with van der Waals surface area (Å²) < 4.78 is 73.4. The van der Waals surface area contributed by atoms with E-state index in [1.54, 1.807) is 12.3 Å². The van der Waals surface area contributed by atoms with Crippen LogP contribution in [0.4, 0.5) is 26.7 Å². The summed E-state index contributed by atoms with van der Waals surface area (Å²) in [6, 6.07) is -1.93. The van der Waals surface area contributed by atoms with E-state index < -0.39 is 42.7 Å². The van der Waals surface area contributed by atoms with E-state index in [-0.39, 0.29) is 49.6 Å². The number of halogens is 5. The maximum atomic E-state index is 13.9. The lowest BCUT2D eigenvalue weighted by Crippen LogP contribution is -2.40. The Hall–Kier alpha value is -3.78. The van der Waals surface area contributed by atoms with Gasteiger partial charge in [-0.25, -0.2) is 23.1 Å². The number of urea groups is 1. The van der Waals surface area contributed by atoms with Gasteiger partial charge in [0.05, 0.1) is 36.4 Å². The predicted octanol–water partition coefficient (Wildman–Crippen LogP) is 4.59. The number of alkyl halides is 5. The highest BCUT2D eigenvalue weighted by atomic mass is 19.4. The van der Waals surface area contributed by atoms with Crippen LogP contribution in [0.3, 0.4) is 0 Å². The van der Waals surface area contributed by atoms with Crippen molar-refractivity contribution >= 4 is 17.6 Å². The normalized spacial score (nSPS) is 20.8. The van der Waals surface area contributed by atoms with Gasteiger partial charge in [-0.1, -0.05) is 19.0 Å². The van der Waals surface area contributed by atoms with Crippen molar-refractivity contribution in [3.8, 4) is 0 Å². The molecule has 1 saturated carbocycles. The minimum absolute atomic E-state index is 0.0896. The van der Waals surface area contributed by atoms with Crippen molar-refractivity contribution in [2.24, 2.45) is 5.92 Å². The van der Waals surface area contributed by atoms with E-state index in [0.29, 0.717) is 22.6 Å². The van der Waals surface area contributed by atoms with E-state index >= 15 is 0 Å². The molecule has 0 unspecified atom stereocenters. The Labute approximate surface area is 225 Å². The molecule has 2 atom stereocenters. The Balaban J connectivity index is 1.39. The van der Waals surface area contributed by atoms with Gasteiger partial charge in [-0.15, -0.1) is 0 Å². The van der Waals surface area contributed by atoms with Gasteiger partial charge in [-0.05, 0) is 36.3 Å². The van der Waals surface area contributed by atoms with Gasteiger partial charge >= 0.3 is 12.2 Å². The van der Waals surface area contributed by atoms with Crippen molar-refractivity contribution in [2.75, 3.05) is 6.54 Å². The minimum atomic E-state index is -4.56. The summed E-state index contributed by atoms with van der Waals surface area (Å²) >= 11 is 0. The van der Waals surface area contributed by atoms with Crippen LogP contribution in [0.5, 0.6) is 0 Å². The first-order valence-corrected chi connectivity index (χ1v) is 12.9. The zero-order valence-electron chi connectivity index (χ0n) is 21.7. The fraction of sp³-hybridized carbons (Fsp3) is 0.560. The molecule has 1 saturated heterocycles. The van der Waals surface area contributed by atoms with E-state index in [1.807, 2.05) is 19.2 Å². The second kappa shape index (κ2) is 10.3. The Morgan fingerprint density at radius 1 is 1.27 bits per heavy atom. The summed E-state index contributed by atoms with van der Waals surface area (Å²) in [4.78, 5) is 30.9. The number of fused-ring (bicyclic) bond motifs is 1. The van der Waals surface area contributed by atoms with Crippen molar-refractivity contribution in [3.63, 3.8) is 0 Å². The lowest BCUT2D eigenvalue weighted by Gasteiger charge is -2.33. The van der Waals surface area contributed by atoms with Gasteiger partial charge in [0.1, 0.15) is 17.9 Å². The van der Waals surface area contributed by atoms with Crippen LogP contribution in [0, 0.1) is 5.92 Å². The predicted molar refractivity (Wildman–Crippen MR) is 129 cm³/mol. The van der Waals surface area contributed by atoms with Crippen LogP contribution < -0.4 is 10.6 Å². The summed E-state index contributed by atoms with van der Waals surface area (Å²) in [7, 11) is 0. The Morgan fingerprint density at radius 3 is 2.65 bits per heavy atom. The van der Waals surface area contributed by atoms with Gasteiger partial charge in [0, 0.05) is 19.4 Å². The molecule has 0 aromatic carbocycles. The molecule has 2 N–H and O–H groups in total. The molecule has 0 radical (unpaired) electrons. The van der Waals surface area contributed by atoms with Gasteiger partial charge in [-0.3, -0.25) is 4.79 Å². The third kappa shape index (κ3) is 5.72. The first kappa shape index (κ1) is 27.8. The van der Waals surface area contributed by atoms with Crippen molar-refractivity contribution in [2.45, 2.75) is 76.2 Å². The Bertz CT molecular complexity index is 1390. The Morgan fingerprint density at radius 2 is 2.00 bits per heavy atom. The smallest absolute Gasteiger partial charge is 0.364 e. The lowest BCUT2D eigenvalue weighted by atomic mass is 9.81. The Kier molecular flexibility index (Phi) is 7.17. The number of rotatable bonds is 7. The molecule has 5 rings (SSSR count). The topological polar surface area (TPSA) is 118 Å². The standard InChI is InChI=1S/C25H28F5N7O3/c1-13(2)20-16(12-40-35-20)22(38)34-21(15-3-5-24(26,27)6-4-15)17-10-37-19(32-17)7-14(8-31-37)9-36-11-18(25(28,29)30)33-23(36)39/h7-8,10,12-13,15,18,21H,3-6,9,11H2,1-2H3,(H,33,39)(H,34,38)/t18-,21-/m0/s1. The molecule has 2 fully saturated rings. The summed E-state index contributed by atoms with van der Waals surface area (Å²) in [5, 5.41) is 13.0. The molecule has 0 spiro atoms. The van der Waals surface area contributed by atoms with Crippen LogP contribution >= 0.6 is 0 Å². The zero-order chi connectivity index (χ0) is 28.8.